The number of carbonyl (C=O) groups is 2. The number of para-hydroxylation sites is 1. The zero-order valence-corrected chi connectivity index (χ0v) is 19.7. The molecule has 2 aliphatic heterocycles. The Labute approximate surface area is 210 Å². The van der Waals surface area contributed by atoms with Crippen LogP contribution in [-0.2, 0) is 9.59 Å². The number of carbonyl (C=O) groups excluding carboxylic acids is 2. The fourth-order valence-corrected chi connectivity index (χ4v) is 4.91. The van der Waals surface area contributed by atoms with Gasteiger partial charge in [0.15, 0.2) is 11.5 Å². The molecule has 3 aromatic carbocycles. The lowest BCUT2D eigenvalue weighted by atomic mass is 9.94. The van der Waals surface area contributed by atoms with Gasteiger partial charge in [-0.1, -0.05) is 29.8 Å². The molecule has 1 aromatic heterocycles. The Hall–Kier alpha value is -4.43. The molecule has 0 spiro atoms. The summed E-state index contributed by atoms with van der Waals surface area (Å²) < 4.78 is 16.2. The first-order valence-corrected chi connectivity index (χ1v) is 11.5. The molecule has 6 rings (SSSR count). The number of ketones is 1. The quantitative estimate of drug-likeness (QED) is 0.226. The van der Waals surface area contributed by atoms with Crippen molar-refractivity contribution in [2.75, 3.05) is 18.8 Å². The molecule has 180 valence electrons. The number of rotatable bonds is 4. The average molecular weight is 503 g/mol. The summed E-state index contributed by atoms with van der Waals surface area (Å²) in [6, 6.07) is 16.3. The number of hydrogen-bond acceptors (Lipinski definition) is 6. The summed E-state index contributed by atoms with van der Waals surface area (Å²) in [6.45, 7) is 0.0713. The highest BCUT2D eigenvalue weighted by Crippen LogP contribution is 2.46. The molecule has 2 aliphatic rings. The number of hydrogen-bond donors (Lipinski definition) is 2. The largest absolute Gasteiger partial charge is 0.507 e. The third-order valence-electron chi connectivity index (χ3n) is 6.42. The standard InChI is InChI=1S/C27H19ClN2O6/c1-34-21-10-14(6-8-18(21)28)25(31)23-24(17-12-29-19-5-3-2-4-16(17)19)30(27(33)26(23)32)15-7-9-20-22(11-15)36-13-35-20/h2-12,24,29,31H,13H2,1H3/b25-23+. The molecule has 9 heteroatoms. The van der Waals surface area contributed by atoms with Crippen LogP contribution in [0.2, 0.25) is 5.02 Å². The minimum atomic E-state index is -0.914. The van der Waals surface area contributed by atoms with Gasteiger partial charge in [-0.05, 0) is 36.4 Å². The van der Waals surface area contributed by atoms with Gasteiger partial charge >= 0.3 is 0 Å². The first kappa shape index (κ1) is 22.1. The van der Waals surface area contributed by atoms with E-state index in [-0.39, 0.29) is 18.1 Å². The number of Topliss-reactive ketones (excluding diaryl/α,β-unsaturated/α-hetero) is 1. The van der Waals surface area contributed by atoms with Crippen LogP contribution in [0.5, 0.6) is 17.2 Å². The number of halogens is 1. The Balaban J connectivity index is 1.59. The second-order valence-electron chi connectivity index (χ2n) is 8.35. The van der Waals surface area contributed by atoms with Gasteiger partial charge < -0.3 is 24.3 Å². The van der Waals surface area contributed by atoms with E-state index < -0.39 is 17.7 Å². The molecule has 1 saturated heterocycles. The van der Waals surface area contributed by atoms with Crippen molar-refractivity contribution in [2.45, 2.75) is 6.04 Å². The number of benzene rings is 3. The van der Waals surface area contributed by atoms with Crippen molar-refractivity contribution in [1.82, 2.24) is 4.98 Å². The van der Waals surface area contributed by atoms with E-state index in [0.717, 1.165) is 10.9 Å². The molecule has 3 heterocycles. The highest BCUT2D eigenvalue weighted by atomic mass is 35.5. The number of fused-ring (bicyclic) bond motifs is 2. The van der Waals surface area contributed by atoms with Gasteiger partial charge in [0.2, 0.25) is 6.79 Å². The van der Waals surface area contributed by atoms with Crippen molar-refractivity contribution in [1.29, 1.82) is 0 Å². The fourth-order valence-electron chi connectivity index (χ4n) is 4.71. The first-order valence-electron chi connectivity index (χ1n) is 11.1. The molecular formula is C27H19ClN2O6. The van der Waals surface area contributed by atoms with Crippen molar-refractivity contribution in [2.24, 2.45) is 0 Å². The third kappa shape index (κ3) is 3.30. The Morgan fingerprint density at radius 1 is 1.08 bits per heavy atom. The summed E-state index contributed by atoms with van der Waals surface area (Å²) in [6.07, 6.45) is 1.75. The lowest BCUT2D eigenvalue weighted by Crippen LogP contribution is -2.29. The predicted octanol–water partition coefficient (Wildman–Crippen LogP) is 5.18. The van der Waals surface area contributed by atoms with E-state index in [1.165, 1.54) is 18.1 Å². The topological polar surface area (TPSA) is 101 Å². The number of ether oxygens (including phenoxy) is 3. The zero-order chi connectivity index (χ0) is 25.0. The van der Waals surface area contributed by atoms with E-state index in [2.05, 4.69) is 4.98 Å². The van der Waals surface area contributed by atoms with Gasteiger partial charge in [0.1, 0.15) is 11.5 Å². The van der Waals surface area contributed by atoms with Crippen LogP contribution in [0.3, 0.4) is 0 Å². The number of amides is 1. The summed E-state index contributed by atoms with van der Waals surface area (Å²) in [5, 5.41) is 12.6. The molecule has 0 saturated carbocycles. The Morgan fingerprint density at radius 2 is 1.89 bits per heavy atom. The number of aromatic nitrogens is 1. The van der Waals surface area contributed by atoms with Gasteiger partial charge in [0.25, 0.3) is 11.7 Å². The van der Waals surface area contributed by atoms with Crippen LogP contribution in [-0.4, -0.2) is 35.7 Å². The van der Waals surface area contributed by atoms with Crippen molar-refractivity contribution >= 4 is 45.6 Å². The zero-order valence-electron chi connectivity index (χ0n) is 18.9. The van der Waals surface area contributed by atoms with Gasteiger partial charge in [-0.15, -0.1) is 0 Å². The van der Waals surface area contributed by atoms with Crippen molar-refractivity contribution in [3.63, 3.8) is 0 Å². The molecule has 8 nitrogen and oxygen atoms in total. The van der Waals surface area contributed by atoms with Crippen LogP contribution < -0.4 is 19.1 Å². The Kier molecular flexibility index (Phi) is 5.12. The SMILES string of the molecule is COc1cc(/C(O)=C2\C(=O)C(=O)N(c3ccc4c(c3)OCO4)C2c2c[nH]c3ccccc23)ccc1Cl. The lowest BCUT2D eigenvalue weighted by molar-refractivity contribution is -0.132. The molecule has 0 aliphatic carbocycles. The second-order valence-corrected chi connectivity index (χ2v) is 8.75. The fraction of sp³-hybridized carbons (Fsp3) is 0.111. The van der Waals surface area contributed by atoms with Crippen LogP contribution in [0.1, 0.15) is 17.2 Å². The van der Waals surface area contributed by atoms with Gasteiger partial charge in [0, 0.05) is 40.0 Å². The van der Waals surface area contributed by atoms with Crippen LogP contribution in [0.25, 0.3) is 16.7 Å². The van der Waals surface area contributed by atoms with Gasteiger partial charge in [0.05, 0.1) is 23.7 Å². The summed E-state index contributed by atoms with van der Waals surface area (Å²) in [4.78, 5) is 31.5. The van der Waals surface area contributed by atoms with Crippen molar-refractivity contribution in [3.05, 3.63) is 88.6 Å². The molecule has 1 atom stereocenters. The predicted molar refractivity (Wildman–Crippen MR) is 134 cm³/mol. The molecule has 1 amide bonds. The Morgan fingerprint density at radius 3 is 2.72 bits per heavy atom. The lowest BCUT2D eigenvalue weighted by Gasteiger charge is -2.25. The van der Waals surface area contributed by atoms with Gasteiger partial charge in [-0.2, -0.15) is 0 Å². The van der Waals surface area contributed by atoms with Crippen LogP contribution in [0.15, 0.2) is 72.4 Å². The van der Waals surface area contributed by atoms with Gasteiger partial charge in [-0.3, -0.25) is 14.5 Å². The normalized spacial score (nSPS) is 18.3. The smallest absolute Gasteiger partial charge is 0.300 e. The number of nitrogens with one attached hydrogen (secondary N) is 1. The van der Waals surface area contributed by atoms with E-state index >= 15 is 0 Å². The van der Waals surface area contributed by atoms with Crippen molar-refractivity contribution in [3.8, 4) is 17.2 Å². The third-order valence-corrected chi connectivity index (χ3v) is 6.73. The van der Waals surface area contributed by atoms with E-state index in [1.807, 2.05) is 24.3 Å². The Bertz CT molecular complexity index is 1590. The number of aromatic amines is 1. The van der Waals surface area contributed by atoms with Crippen LogP contribution in [0.4, 0.5) is 5.69 Å². The minimum Gasteiger partial charge on any atom is -0.507 e. The number of methoxy groups -OCH3 is 1. The van der Waals surface area contributed by atoms with E-state index in [0.29, 0.717) is 39.1 Å². The van der Waals surface area contributed by atoms with Crippen LogP contribution in [0, 0.1) is 0 Å². The number of aliphatic hydroxyl groups is 1. The molecule has 1 fully saturated rings. The van der Waals surface area contributed by atoms with Crippen LogP contribution >= 0.6 is 11.6 Å². The van der Waals surface area contributed by atoms with E-state index in [4.69, 9.17) is 25.8 Å². The molecule has 0 bridgehead atoms. The summed E-state index contributed by atoms with van der Waals surface area (Å²) in [7, 11) is 1.45. The number of H-pyrrole nitrogens is 1. The molecule has 2 N–H and O–H groups in total. The monoisotopic (exact) mass is 502 g/mol. The van der Waals surface area contributed by atoms with E-state index in [1.54, 1.807) is 36.5 Å². The second kappa shape index (κ2) is 8.35. The summed E-state index contributed by atoms with van der Waals surface area (Å²) in [5.74, 6) is -0.570. The minimum absolute atomic E-state index is 0.0493. The molecule has 1 unspecified atom stereocenters. The number of nitrogens with zero attached hydrogens (tertiary/aromatic N) is 1. The summed E-state index contributed by atoms with van der Waals surface area (Å²) >= 11 is 6.16. The molecule has 36 heavy (non-hydrogen) atoms. The number of aliphatic hydroxyl groups excluding tert-OH is 1. The first-order chi connectivity index (χ1) is 17.5. The van der Waals surface area contributed by atoms with E-state index in [9.17, 15) is 14.7 Å². The maximum atomic E-state index is 13.5. The molecular weight excluding hydrogens is 484 g/mol. The molecule has 4 aromatic rings. The maximum Gasteiger partial charge on any atom is 0.300 e. The molecule has 0 radical (unpaired) electrons. The maximum absolute atomic E-state index is 13.5. The highest BCUT2D eigenvalue weighted by Gasteiger charge is 2.48. The van der Waals surface area contributed by atoms with Crippen molar-refractivity contribution < 1.29 is 28.9 Å². The average Bonchev–Trinajstić information content (AvgIpc) is 3.60. The van der Waals surface area contributed by atoms with Gasteiger partial charge in [-0.25, -0.2) is 0 Å². The number of anilines is 1. The highest BCUT2D eigenvalue weighted by molar-refractivity contribution is 6.52. The summed E-state index contributed by atoms with van der Waals surface area (Å²) in [5.41, 5.74) is 2.17.